The van der Waals surface area contributed by atoms with Gasteiger partial charge in [-0.05, 0) is 42.0 Å². The molecule has 0 saturated heterocycles. The Hall–Kier alpha value is -2.21. The van der Waals surface area contributed by atoms with Crippen LogP contribution in [0.25, 0.3) is 11.0 Å². The van der Waals surface area contributed by atoms with Crippen LogP contribution in [-0.4, -0.2) is 11.3 Å². The summed E-state index contributed by atoms with van der Waals surface area (Å²) in [5, 5.41) is 4.76. The highest BCUT2D eigenvalue weighted by atomic mass is 32.1. The van der Waals surface area contributed by atoms with E-state index < -0.39 is 0 Å². The summed E-state index contributed by atoms with van der Waals surface area (Å²) in [5.74, 6) is 0. The topological polar surface area (TPSA) is 80.6 Å². The summed E-state index contributed by atoms with van der Waals surface area (Å²) in [5.41, 5.74) is 8.69. The van der Waals surface area contributed by atoms with Crippen molar-refractivity contribution >= 4 is 34.5 Å². The number of nitrogens with two attached hydrogens (primary N) is 1. The molecule has 86 valence electrons. The maximum absolute atomic E-state index is 11.0. The van der Waals surface area contributed by atoms with Crippen LogP contribution in [0.1, 0.15) is 5.56 Å². The van der Waals surface area contributed by atoms with Crippen molar-refractivity contribution in [1.29, 1.82) is 0 Å². The number of nitrogens with zero attached hydrogens (tertiary/aromatic N) is 1. The third kappa shape index (κ3) is 2.88. The summed E-state index contributed by atoms with van der Waals surface area (Å²) in [6.07, 6.45) is 1.57. The minimum absolute atomic E-state index is 0.105. The van der Waals surface area contributed by atoms with E-state index in [0.29, 0.717) is 5.58 Å². The zero-order valence-corrected chi connectivity index (χ0v) is 9.53. The van der Waals surface area contributed by atoms with Crippen molar-refractivity contribution in [3.8, 4) is 0 Å². The Morgan fingerprint density at radius 2 is 2.24 bits per heavy atom. The minimum Gasteiger partial charge on any atom is -0.423 e. The molecule has 1 heterocycles. The fourth-order valence-corrected chi connectivity index (χ4v) is 1.39. The SMILES string of the molecule is NC(=S)N/N=C/c1ccc2oc(=O)ccc2c1. The first-order valence-electron chi connectivity index (χ1n) is 4.77. The molecule has 6 heteroatoms. The lowest BCUT2D eigenvalue weighted by Crippen LogP contribution is -2.23. The van der Waals surface area contributed by atoms with Crippen LogP contribution in [0, 0.1) is 0 Å². The second-order valence-corrected chi connectivity index (χ2v) is 3.73. The fourth-order valence-electron chi connectivity index (χ4n) is 1.34. The fraction of sp³-hybridized carbons (Fsp3) is 0. The maximum Gasteiger partial charge on any atom is 0.336 e. The largest absolute Gasteiger partial charge is 0.423 e. The van der Waals surface area contributed by atoms with E-state index in [1.807, 2.05) is 6.07 Å². The van der Waals surface area contributed by atoms with Gasteiger partial charge in [-0.2, -0.15) is 5.10 Å². The van der Waals surface area contributed by atoms with E-state index in [-0.39, 0.29) is 10.7 Å². The molecule has 0 aliphatic heterocycles. The van der Waals surface area contributed by atoms with Crippen LogP contribution in [0.15, 0.2) is 44.6 Å². The predicted molar refractivity (Wildman–Crippen MR) is 70.0 cm³/mol. The molecular weight excluding hydrogens is 238 g/mol. The molecule has 1 aromatic heterocycles. The van der Waals surface area contributed by atoms with Gasteiger partial charge >= 0.3 is 5.63 Å². The molecule has 5 nitrogen and oxygen atoms in total. The van der Waals surface area contributed by atoms with Crippen molar-refractivity contribution in [2.45, 2.75) is 0 Å². The number of benzene rings is 1. The molecule has 0 fully saturated rings. The summed E-state index contributed by atoms with van der Waals surface area (Å²) in [6, 6.07) is 8.38. The summed E-state index contributed by atoms with van der Waals surface area (Å²) in [4.78, 5) is 11.0. The Labute approximate surface area is 102 Å². The summed E-state index contributed by atoms with van der Waals surface area (Å²) < 4.78 is 5.00. The Balaban J connectivity index is 2.32. The van der Waals surface area contributed by atoms with E-state index in [1.165, 1.54) is 6.07 Å². The predicted octanol–water partition coefficient (Wildman–Crippen LogP) is 0.960. The van der Waals surface area contributed by atoms with Gasteiger partial charge in [0, 0.05) is 11.5 Å². The van der Waals surface area contributed by atoms with Gasteiger partial charge in [0.05, 0.1) is 6.21 Å². The standard InChI is InChI=1S/C11H9N3O2S/c12-11(17)14-13-6-7-1-3-9-8(5-7)2-4-10(15)16-9/h1-6H,(H3,12,14,17)/b13-6+. The highest BCUT2D eigenvalue weighted by molar-refractivity contribution is 7.80. The van der Waals surface area contributed by atoms with E-state index in [9.17, 15) is 4.79 Å². The van der Waals surface area contributed by atoms with Gasteiger partial charge in [-0.1, -0.05) is 0 Å². The molecule has 2 aromatic rings. The van der Waals surface area contributed by atoms with Crippen molar-refractivity contribution < 1.29 is 4.42 Å². The van der Waals surface area contributed by atoms with E-state index >= 15 is 0 Å². The monoisotopic (exact) mass is 247 g/mol. The molecule has 0 radical (unpaired) electrons. The van der Waals surface area contributed by atoms with Gasteiger partial charge in [0.25, 0.3) is 0 Å². The molecule has 1 aromatic carbocycles. The second-order valence-electron chi connectivity index (χ2n) is 3.29. The number of nitrogens with one attached hydrogen (secondary N) is 1. The van der Waals surface area contributed by atoms with Crippen molar-refractivity contribution in [3.63, 3.8) is 0 Å². The van der Waals surface area contributed by atoms with Crippen molar-refractivity contribution in [2.75, 3.05) is 0 Å². The Morgan fingerprint density at radius 1 is 1.41 bits per heavy atom. The van der Waals surface area contributed by atoms with Gasteiger partial charge in [0.1, 0.15) is 5.58 Å². The summed E-state index contributed by atoms with van der Waals surface area (Å²) in [6.45, 7) is 0. The van der Waals surface area contributed by atoms with E-state index in [2.05, 4.69) is 22.7 Å². The molecule has 0 unspecified atom stereocenters. The van der Waals surface area contributed by atoms with Crippen LogP contribution in [0.4, 0.5) is 0 Å². The smallest absolute Gasteiger partial charge is 0.336 e. The second kappa shape index (κ2) is 4.75. The molecule has 0 atom stereocenters. The van der Waals surface area contributed by atoms with Crippen molar-refractivity contribution in [1.82, 2.24) is 5.43 Å². The Morgan fingerprint density at radius 3 is 3.00 bits per heavy atom. The third-order valence-corrected chi connectivity index (χ3v) is 2.12. The van der Waals surface area contributed by atoms with Crippen molar-refractivity contribution in [3.05, 3.63) is 46.3 Å². The van der Waals surface area contributed by atoms with Gasteiger partial charge in [0.2, 0.25) is 0 Å². The average Bonchev–Trinajstić information content (AvgIpc) is 2.29. The third-order valence-electron chi connectivity index (χ3n) is 2.03. The van der Waals surface area contributed by atoms with Crippen LogP contribution in [-0.2, 0) is 0 Å². The van der Waals surface area contributed by atoms with Crippen molar-refractivity contribution in [2.24, 2.45) is 10.8 Å². The quantitative estimate of drug-likeness (QED) is 0.357. The first-order valence-corrected chi connectivity index (χ1v) is 5.18. The lowest BCUT2D eigenvalue weighted by Gasteiger charge is -1.98. The van der Waals surface area contributed by atoms with Gasteiger partial charge in [0.15, 0.2) is 5.11 Å². The lowest BCUT2D eigenvalue weighted by atomic mass is 10.1. The zero-order valence-electron chi connectivity index (χ0n) is 8.71. The number of hydrogen-bond acceptors (Lipinski definition) is 4. The lowest BCUT2D eigenvalue weighted by molar-refractivity contribution is 0.561. The van der Waals surface area contributed by atoms with Crippen LogP contribution in [0.2, 0.25) is 0 Å². The molecule has 2 rings (SSSR count). The molecule has 0 spiro atoms. The highest BCUT2D eigenvalue weighted by Crippen LogP contribution is 2.12. The molecule has 17 heavy (non-hydrogen) atoms. The Bertz CT molecular complexity index is 648. The molecule has 3 N–H and O–H groups in total. The number of rotatable bonds is 2. The number of hydrazone groups is 1. The van der Waals surface area contributed by atoms with Gasteiger partial charge < -0.3 is 10.2 Å². The van der Waals surface area contributed by atoms with E-state index in [4.69, 9.17) is 10.2 Å². The molecule has 0 bridgehead atoms. The first kappa shape index (κ1) is 11.3. The minimum atomic E-state index is -0.367. The maximum atomic E-state index is 11.0. The number of thiocarbonyl (C=S) groups is 1. The summed E-state index contributed by atoms with van der Waals surface area (Å²) >= 11 is 4.61. The van der Waals surface area contributed by atoms with Gasteiger partial charge in [-0.15, -0.1) is 0 Å². The number of hydrogen-bond donors (Lipinski definition) is 2. The van der Waals surface area contributed by atoms with Crippen LogP contribution in [0.5, 0.6) is 0 Å². The first-order chi connectivity index (χ1) is 8.15. The van der Waals surface area contributed by atoms with E-state index in [0.717, 1.165) is 10.9 Å². The molecular formula is C11H9N3O2S. The Kier molecular flexibility index (Phi) is 3.15. The summed E-state index contributed by atoms with van der Waals surface area (Å²) in [7, 11) is 0. The average molecular weight is 247 g/mol. The zero-order chi connectivity index (χ0) is 12.3. The van der Waals surface area contributed by atoms with Crippen LogP contribution < -0.4 is 16.8 Å². The normalized spacial score (nSPS) is 10.8. The molecule has 0 amide bonds. The number of fused-ring (bicyclic) bond motifs is 1. The van der Waals surface area contributed by atoms with Gasteiger partial charge in [-0.25, -0.2) is 4.79 Å². The highest BCUT2D eigenvalue weighted by Gasteiger charge is 1.97. The van der Waals surface area contributed by atoms with Gasteiger partial charge in [-0.3, -0.25) is 5.43 Å². The van der Waals surface area contributed by atoms with Crippen LogP contribution in [0.3, 0.4) is 0 Å². The molecule has 0 aliphatic rings. The van der Waals surface area contributed by atoms with E-state index in [1.54, 1.807) is 24.4 Å². The molecule has 0 aliphatic carbocycles. The molecule has 0 saturated carbocycles. The van der Waals surface area contributed by atoms with Crippen LogP contribution >= 0.6 is 12.2 Å².